The van der Waals surface area contributed by atoms with Crippen molar-refractivity contribution in [1.29, 1.82) is 0 Å². The van der Waals surface area contributed by atoms with Gasteiger partial charge in [0.15, 0.2) is 0 Å². The predicted octanol–water partition coefficient (Wildman–Crippen LogP) is 0.428. The summed E-state index contributed by atoms with van der Waals surface area (Å²) in [7, 11) is 0. The molecule has 0 bridgehead atoms. The number of nitrogens with zero attached hydrogens (tertiary/aromatic N) is 3. The Morgan fingerprint density at radius 2 is 2.08 bits per heavy atom. The molecular formula is C5H6F3N5. The van der Waals surface area contributed by atoms with Gasteiger partial charge in [0.2, 0.25) is 11.9 Å². The first-order chi connectivity index (χ1) is 5.97. The van der Waals surface area contributed by atoms with Crippen molar-refractivity contribution >= 4 is 11.9 Å². The maximum absolute atomic E-state index is 11.7. The van der Waals surface area contributed by atoms with Crippen molar-refractivity contribution in [2.45, 2.75) is 6.18 Å². The SMILES string of the molecule is Nc1ncnc(NCC(F)(F)F)n1. The van der Waals surface area contributed by atoms with Crippen molar-refractivity contribution in [1.82, 2.24) is 15.0 Å². The van der Waals surface area contributed by atoms with E-state index in [0.29, 0.717) is 0 Å². The molecule has 0 aliphatic rings. The van der Waals surface area contributed by atoms with Gasteiger partial charge in [-0.25, -0.2) is 9.97 Å². The fourth-order valence-electron chi connectivity index (χ4n) is 0.573. The number of hydrogen-bond acceptors (Lipinski definition) is 5. The highest BCUT2D eigenvalue weighted by molar-refractivity contribution is 5.28. The Bertz CT molecular complexity index is 286. The van der Waals surface area contributed by atoms with Crippen molar-refractivity contribution in [3.63, 3.8) is 0 Å². The van der Waals surface area contributed by atoms with Crippen molar-refractivity contribution in [3.05, 3.63) is 6.33 Å². The molecule has 0 saturated carbocycles. The first-order valence-corrected chi connectivity index (χ1v) is 3.22. The van der Waals surface area contributed by atoms with Gasteiger partial charge in [-0.15, -0.1) is 0 Å². The lowest BCUT2D eigenvalue weighted by molar-refractivity contribution is -0.115. The standard InChI is InChI=1S/C5H6F3N5/c6-5(7,8)1-10-4-12-2-11-3(9)13-4/h2H,1H2,(H3,9,10,11,12,13). The molecular weight excluding hydrogens is 187 g/mol. The largest absolute Gasteiger partial charge is 0.405 e. The Labute approximate surface area is 71.2 Å². The number of nitrogens with two attached hydrogens (primary N) is 1. The van der Waals surface area contributed by atoms with Crippen molar-refractivity contribution in [3.8, 4) is 0 Å². The van der Waals surface area contributed by atoms with E-state index < -0.39 is 12.7 Å². The lowest BCUT2D eigenvalue weighted by Crippen LogP contribution is -2.22. The molecule has 1 aromatic rings. The van der Waals surface area contributed by atoms with Gasteiger partial charge in [0, 0.05) is 0 Å². The molecule has 5 nitrogen and oxygen atoms in total. The number of anilines is 2. The molecule has 1 aromatic heterocycles. The molecule has 0 unspecified atom stereocenters. The molecule has 1 rings (SSSR count). The Kier molecular flexibility index (Phi) is 2.49. The molecule has 0 aromatic carbocycles. The zero-order valence-corrected chi connectivity index (χ0v) is 6.34. The van der Waals surface area contributed by atoms with E-state index in [1.54, 1.807) is 0 Å². The van der Waals surface area contributed by atoms with Crippen LogP contribution in [0.25, 0.3) is 0 Å². The van der Waals surface area contributed by atoms with Gasteiger partial charge in [0.1, 0.15) is 12.9 Å². The van der Waals surface area contributed by atoms with E-state index in [0.717, 1.165) is 6.33 Å². The predicted molar refractivity (Wildman–Crippen MR) is 38.8 cm³/mol. The van der Waals surface area contributed by atoms with E-state index in [2.05, 4.69) is 15.0 Å². The van der Waals surface area contributed by atoms with Crippen LogP contribution in [-0.2, 0) is 0 Å². The fourth-order valence-corrected chi connectivity index (χ4v) is 0.573. The summed E-state index contributed by atoms with van der Waals surface area (Å²) in [5.74, 6) is -0.315. The maximum atomic E-state index is 11.7. The summed E-state index contributed by atoms with van der Waals surface area (Å²) in [6.45, 7) is -1.20. The average molecular weight is 193 g/mol. The molecule has 0 saturated heterocycles. The molecule has 72 valence electrons. The third-order valence-electron chi connectivity index (χ3n) is 1.04. The summed E-state index contributed by atoms with van der Waals surface area (Å²) in [4.78, 5) is 10.3. The molecule has 13 heavy (non-hydrogen) atoms. The number of nitrogens with one attached hydrogen (secondary N) is 1. The molecule has 0 amide bonds. The second kappa shape index (κ2) is 3.42. The molecule has 0 fully saturated rings. The number of hydrogen-bond donors (Lipinski definition) is 2. The van der Waals surface area contributed by atoms with Crippen LogP contribution in [-0.4, -0.2) is 27.7 Å². The minimum Gasteiger partial charge on any atom is -0.368 e. The van der Waals surface area contributed by atoms with Crippen LogP contribution >= 0.6 is 0 Å². The second-order valence-corrected chi connectivity index (χ2v) is 2.14. The zero-order chi connectivity index (χ0) is 9.90. The van der Waals surface area contributed by atoms with Crippen LogP contribution in [0.3, 0.4) is 0 Å². The highest BCUT2D eigenvalue weighted by atomic mass is 19.4. The van der Waals surface area contributed by atoms with Crippen LogP contribution in [0.15, 0.2) is 6.33 Å². The molecule has 1 heterocycles. The molecule has 0 aliphatic heterocycles. The minimum absolute atomic E-state index is 0.125. The Balaban J connectivity index is 2.55. The van der Waals surface area contributed by atoms with Gasteiger partial charge in [-0.05, 0) is 0 Å². The van der Waals surface area contributed by atoms with E-state index >= 15 is 0 Å². The highest BCUT2D eigenvalue weighted by Gasteiger charge is 2.26. The summed E-state index contributed by atoms with van der Waals surface area (Å²) in [5.41, 5.74) is 5.11. The minimum atomic E-state index is -4.30. The van der Waals surface area contributed by atoms with Crippen LogP contribution in [0.2, 0.25) is 0 Å². The van der Waals surface area contributed by atoms with E-state index in [4.69, 9.17) is 5.73 Å². The van der Waals surface area contributed by atoms with Crippen LogP contribution in [0, 0.1) is 0 Å². The molecule has 0 radical (unpaired) electrons. The van der Waals surface area contributed by atoms with Gasteiger partial charge in [0.25, 0.3) is 0 Å². The van der Waals surface area contributed by atoms with Crippen molar-refractivity contribution in [2.75, 3.05) is 17.6 Å². The number of alkyl halides is 3. The summed E-state index contributed by atoms with van der Waals surface area (Å²) >= 11 is 0. The lowest BCUT2D eigenvalue weighted by Gasteiger charge is -2.07. The van der Waals surface area contributed by atoms with Crippen LogP contribution in [0.5, 0.6) is 0 Å². The third-order valence-corrected chi connectivity index (χ3v) is 1.04. The van der Waals surface area contributed by atoms with E-state index in [-0.39, 0.29) is 11.9 Å². The average Bonchev–Trinajstić information content (AvgIpc) is 2.00. The van der Waals surface area contributed by atoms with Gasteiger partial charge in [-0.2, -0.15) is 18.2 Å². The normalized spacial score (nSPS) is 11.3. The van der Waals surface area contributed by atoms with E-state index in [1.807, 2.05) is 5.32 Å². The number of aromatic nitrogens is 3. The van der Waals surface area contributed by atoms with Crippen molar-refractivity contribution < 1.29 is 13.2 Å². The van der Waals surface area contributed by atoms with Crippen LogP contribution < -0.4 is 11.1 Å². The first-order valence-electron chi connectivity index (χ1n) is 3.22. The third kappa shape index (κ3) is 3.54. The number of nitrogen functional groups attached to an aromatic ring is 1. The molecule has 0 atom stereocenters. The summed E-state index contributed by atoms with van der Waals surface area (Å²) in [6, 6.07) is 0. The second-order valence-electron chi connectivity index (χ2n) is 2.14. The van der Waals surface area contributed by atoms with Crippen molar-refractivity contribution in [2.24, 2.45) is 0 Å². The summed E-state index contributed by atoms with van der Waals surface area (Å²) in [5, 5.41) is 1.96. The van der Waals surface area contributed by atoms with E-state index in [1.165, 1.54) is 0 Å². The lowest BCUT2D eigenvalue weighted by atomic mass is 10.6. The van der Waals surface area contributed by atoms with Gasteiger partial charge >= 0.3 is 6.18 Å². The van der Waals surface area contributed by atoms with Crippen LogP contribution in [0.1, 0.15) is 0 Å². The quantitative estimate of drug-likeness (QED) is 0.712. The van der Waals surface area contributed by atoms with Gasteiger partial charge in [-0.1, -0.05) is 0 Å². The molecule has 0 aliphatic carbocycles. The zero-order valence-electron chi connectivity index (χ0n) is 6.34. The van der Waals surface area contributed by atoms with Gasteiger partial charge in [-0.3, -0.25) is 0 Å². The molecule has 0 spiro atoms. The van der Waals surface area contributed by atoms with Gasteiger partial charge < -0.3 is 11.1 Å². The number of halogens is 3. The Morgan fingerprint density at radius 3 is 2.62 bits per heavy atom. The Hall–Kier alpha value is -1.60. The highest BCUT2D eigenvalue weighted by Crippen LogP contribution is 2.14. The summed E-state index contributed by atoms with van der Waals surface area (Å²) in [6.07, 6.45) is -3.28. The fraction of sp³-hybridized carbons (Fsp3) is 0.400. The Morgan fingerprint density at radius 1 is 1.38 bits per heavy atom. The first kappa shape index (κ1) is 9.49. The van der Waals surface area contributed by atoms with Gasteiger partial charge in [0.05, 0.1) is 0 Å². The maximum Gasteiger partial charge on any atom is 0.405 e. The topological polar surface area (TPSA) is 76.7 Å². The van der Waals surface area contributed by atoms with Crippen LogP contribution in [0.4, 0.5) is 25.1 Å². The molecule has 3 N–H and O–H groups in total. The van der Waals surface area contributed by atoms with E-state index in [9.17, 15) is 13.2 Å². The molecule has 8 heteroatoms. The smallest absolute Gasteiger partial charge is 0.368 e. The monoisotopic (exact) mass is 193 g/mol. The number of rotatable bonds is 2. The summed E-state index contributed by atoms with van der Waals surface area (Å²) < 4.78 is 35.0.